The van der Waals surface area contributed by atoms with Crippen molar-refractivity contribution in [1.29, 1.82) is 0 Å². The number of aromatic carboxylic acids is 1. The molecule has 6 heteroatoms. The molecule has 3 rings (SSSR count). The zero-order valence-electron chi connectivity index (χ0n) is 11.2. The molecule has 20 heavy (non-hydrogen) atoms. The molecule has 0 aromatic heterocycles. The van der Waals surface area contributed by atoms with Gasteiger partial charge in [-0.15, -0.1) is 0 Å². The molecule has 1 amide bonds. The van der Waals surface area contributed by atoms with Gasteiger partial charge < -0.3 is 19.6 Å². The average molecular weight is 276 g/mol. The van der Waals surface area contributed by atoms with E-state index in [1.165, 1.54) is 6.07 Å². The van der Waals surface area contributed by atoms with Crippen molar-refractivity contribution < 1.29 is 19.4 Å². The van der Waals surface area contributed by atoms with Crippen molar-refractivity contribution in [3.63, 3.8) is 0 Å². The lowest BCUT2D eigenvalue weighted by Gasteiger charge is -2.35. The van der Waals surface area contributed by atoms with Gasteiger partial charge >= 0.3 is 5.97 Å². The number of carbonyl (C=O) groups is 2. The minimum absolute atomic E-state index is 0.0820. The summed E-state index contributed by atoms with van der Waals surface area (Å²) in [5, 5.41) is 9.21. The first-order chi connectivity index (χ1) is 9.59. The third kappa shape index (κ3) is 1.88. The van der Waals surface area contributed by atoms with Gasteiger partial charge in [-0.05, 0) is 18.6 Å². The summed E-state index contributed by atoms with van der Waals surface area (Å²) in [6, 6.07) is 4.80. The van der Waals surface area contributed by atoms with Gasteiger partial charge in [-0.25, -0.2) is 4.79 Å². The molecule has 1 atom stereocenters. The molecule has 1 N–H and O–H groups in total. The molecule has 1 fully saturated rings. The maximum absolute atomic E-state index is 12.2. The summed E-state index contributed by atoms with van der Waals surface area (Å²) in [6.45, 7) is 1.72. The number of hydrogen-bond acceptors (Lipinski definition) is 4. The van der Waals surface area contributed by atoms with E-state index in [0.717, 1.165) is 13.0 Å². The molecule has 1 unspecified atom stereocenters. The molecule has 1 aromatic carbocycles. The first-order valence-corrected chi connectivity index (χ1v) is 6.60. The normalized spacial score (nSPS) is 21.6. The van der Waals surface area contributed by atoms with Gasteiger partial charge in [0.2, 0.25) is 5.91 Å². The van der Waals surface area contributed by atoms with Crippen molar-refractivity contribution in [2.24, 2.45) is 0 Å². The van der Waals surface area contributed by atoms with E-state index in [0.29, 0.717) is 24.6 Å². The van der Waals surface area contributed by atoms with Crippen molar-refractivity contribution in [2.75, 3.05) is 31.6 Å². The largest absolute Gasteiger partial charge is 0.489 e. The Labute approximate surface area is 116 Å². The maximum atomic E-state index is 12.2. The molecule has 2 aliphatic heterocycles. The van der Waals surface area contributed by atoms with Crippen LogP contribution in [0.2, 0.25) is 0 Å². The lowest BCUT2D eigenvalue weighted by atomic mass is 10.1. The fourth-order valence-corrected chi connectivity index (χ4v) is 2.85. The number of likely N-dealkylation sites (tertiary alicyclic amines) is 1. The van der Waals surface area contributed by atoms with Gasteiger partial charge in [0.15, 0.2) is 5.75 Å². The molecule has 0 bridgehead atoms. The number of anilines is 1. The van der Waals surface area contributed by atoms with Crippen LogP contribution in [-0.2, 0) is 4.79 Å². The number of ether oxygens (including phenoxy) is 1. The van der Waals surface area contributed by atoms with E-state index in [-0.39, 0.29) is 17.5 Å². The molecule has 0 spiro atoms. The second-order valence-electron chi connectivity index (χ2n) is 5.07. The van der Waals surface area contributed by atoms with Gasteiger partial charge in [0.05, 0.1) is 12.2 Å². The minimum Gasteiger partial charge on any atom is -0.489 e. The third-order valence-corrected chi connectivity index (χ3v) is 3.89. The Balaban J connectivity index is 2.01. The SMILES string of the molecule is CN1CCC(N2CCOc3c(C(=O)O)cccc32)C1=O. The van der Waals surface area contributed by atoms with Crippen LogP contribution < -0.4 is 9.64 Å². The highest BCUT2D eigenvalue weighted by Gasteiger charge is 2.37. The van der Waals surface area contributed by atoms with Crippen LogP contribution in [0.25, 0.3) is 0 Å². The summed E-state index contributed by atoms with van der Waals surface area (Å²) in [4.78, 5) is 27.1. The number of para-hydroxylation sites is 1. The molecule has 1 saturated heterocycles. The van der Waals surface area contributed by atoms with E-state index in [9.17, 15) is 14.7 Å². The van der Waals surface area contributed by atoms with Gasteiger partial charge in [0, 0.05) is 13.6 Å². The van der Waals surface area contributed by atoms with Crippen LogP contribution in [0.3, 0.4) is 0 Å². The van der Waals surface area contributed by atoms with Crippen LogP contribution in [0.15, 0.2) is 18.2 Å². The summed E-state index contributed by atoms with van der Waals surface area (Å²) in [7, 11) is 1.79. The molecule has 0 saturated carbocycles. The van der Waals surface area contributed by atoms with Gasteiger partial charge in [-0.1, -0.05) is 6.07 Å². The van der Waals surface area contributed by atoms with Crippen LogP contribution >= 0.6 is 0 Å². The van der Waals surface area contributed by atoms with Gasteiger partial charge in [0.25, 0.3) is 0 Å². The summed E-state index contributed by atoms with van der Waals surface area (Å²) in [5.74, 6) is -0.564. The summed E-state index contributed by atoms with van der Waals surface area (Å²) >= 11 is 0. The van der Waals surface area contributed by atoms with E-state index in [4.69, 9.17) is 4.74 Å². The Morgan fingerprint density at radius 1 is 1.40 bits per heavy atom. The number of fused-ring (bicyclic) bond motifs is 1. The van der Waals surface area contributed by atoms with Crippen LogP contribution in [0.1, 0.15) is 16.8 Å². The van der Waals surface area contributed by atoms with Crippen molar-refractivity contribution in [2.45, 2.75) is 12.5 Å². The Hall–Kier alpha value is -2.24. The molecule has 0 aliphatic carbocycles. The smallest absolute Gasteiger partial charge is 0.339 e. The second kappa shape index (κ2) is 4.70. The zero-order chi connectivity index (χ0) is 14.3. The first-order valence-electron chi connectivity index (χ1n) is 6.60. The maximum Gasteiger partial charge on any atom is 0.339 e. The summed E-state index contributed by atoms with van der Waals surface area (Å²) in [5.41, 5.74) is 0.843. The van der Waals surface area contributed by atoms with Gasteiger partial charge in [-0.3, -0.25) is 4.79 Å². The number of carboxylic acid groups (broad SMARTS) is 1. The van der Waals surface area contributed by atoms with Crippen LogP contribution in [0, 0.1) is 0 Å². The van der Waals surface area contributed by atoms with E-state index >= 15 is 0 Å². The molecular weight excluding hydrogens is 260 g/mol. The van der Waals surface area contributed by atoms with Crippen LogP contribution in [0.5, 0.6) is 5.75 Å². The predicted molar refractivity (Wildman–Crippen MR) is 72.3 cm³/mol. The third-order valence-electron chi connectivity index (χ3n) is 3.89. The van der Waals surface area contributed by atoms with E-state index in [2.05, 4.69) is 0 Å². The number of nitrogens with zero attached hydrogens (tertiary/aromatic N) is 2. The van der Waals surface area contributed by atoms with Crippen LogP contribution in [-0.4, -0.2) is 54.7 Å². The first kappa shape index (κ1) is 12.8. The summed E-state index contributed by atoms with van der Waals surface area (Å²) in [6.07, 6.45) is 0.756. The molecule has 1 aromatic rings. The van der Waals surface area contributed by atoms with E-state index < -0.39 is 5.97 Å². The fraction of sp³-hybridized carbons (Fsp3) is 0.429. The molecule has 2 aliphatic rings. The topological polar surface area (TPSA) is 70.1 Å². The quantitative estimate of drug-likeness (QED) is 0.865. The molecule has 6 nitrogen and oxygen atoms in total. The lowest BCUT2D eigenvalue weighted by molar-refractivity contribution is -0.127. The molecule has 2 heterocycles. The zero-order valence-corrected chi connectivity index (χ0v) is 11.2. The highest BCUT2D eigenvalue weighted by Crippen LogP contribution is 2.37. The average Bonchev–Trinajstić information content (AvgIpc) is 2.77. The van der Waals surface area contributed by atoms with E-state index in [1.807, 2.05) is 11.0 Å². The van der Waals surface area contributed by atoms with Crippen LogP contribution in [0.4, 0.5) is 5.69 Å². The number of likely N-dealkylation sites (N-methyl/N-ethyl adjacent to an activating group) is 1. The lowest BCUT2D eigenvalue weighted by Crippen LogP contribution is -2.45. The Kier molecular flexibility index (Phi) is 3.00. The Bertz CT molecular complexity index is 572. The molecule has 106 valence electrons. The number of carbonyl (C=O) groups excluding carboxylic acids is 1. The van der Waals surface area contributed by atoms with Crippen molar-refractivity contribution in [3.05, 3.63) is 23.8 Å². The number of rotatable bonds is 2. The number of benzene rings is 1. The standard InChI is InChI=1S/C14H16N2O4/c1-15-6-5-11(13(15)17)16-7-8-20-12-9(14(18)19)3-2-4-10(12)16/h2-4,11H,5-8H2,1H3,(H,18,19). The van der Waals surface area contributed by atoms with Gasteiger partial charge in [0.1, 0.15) is 18.2 Å². The fourth-order valence-electron chi connectivity index (χ4n) is 2.85. The minimum atomic E-state index is -1.02. The second-order valence-corrected chi connectivity index (χ2v) is 5.07. The Morgan fingerprint density at radius 3 is 2.85 bits per heavy atom. The van der Waals surface area contributed by atoms with Gasteiger partial charge in [-0.2, -0.15) is 0 Å². The van der Waals surface area contributed by atoms with Crippen molar-refractivity contribution in [3.8, 4) is 5.75 Å². The molecular formula is C14H16N2O4. The Morgan fingerprint density at radius 2 is 2.20 bits per heavy atom. The predicted octanol–water partition coefficient (Wildman–Crippen LogP) is 0.814. The van der Waals surface area contributed by atoms with Crippen molar-refractivity contribution >= 4 is 17.6 Å². The van der Waals surface area contributed by atoms with E-state index in [1.54, 1.807) is 18.0 Å². The van der Waals surface area contributed by atoms with Crippen molar-refractivity contribution in [1.82, 2.24) is 4.90 Å². The number of amides is 1. The number of hydrogen-bond donors (Lipinski definition) is 1. The summed E-state index contributed by atoms with van der Waals surface area (Å²) < 4.78 is 5.52. The number of carboxylic acids is 1. The highest BCUT2D eigenvalue weighted by atomic mass is 16.5. The highest BCUT2D eigenvalue weighted by molar-refractivity contribution is 5.95. The molecule has 0 radical (unpaired) electrons. The monoisotopic (exact) mass is 276 g/mol.